The van der Waals surface area contributed by atoms with Gasteiger partial charge in [-0.2, -0.15) is 0 Å². The molecular formula is C27H31N3O3S. The molecule has 3 aromatic rings. The van der Waals surface area contributed by atoms with E-state index in [-0.39, 0.29) is 21.7 Å². The zero-order valence-electron chi connectivity index (χ0n) is 19.8. The summed E-state index contributed by atoms with van der Waals surface area (Å²) >= 11 is 0. The van der Waals surface area contributed by atoms with Gasteiger partial charge in [0.15, 0.2) is 0 Å². The van der Waals surface area contributed by atoms with Crippen LogP contribution in [0.5, 0.6) is 0 Å². The largest absolute Gasteiger partial charge is 0.385 e. The Labute approximate surface area is 201 Å². The van der Waals surface area contributed by atoms with E-state index in [1.54, 1.807) is 48.5 Å². The van der Waals surface area contributed by atoms with Crippen LogP contribution in [0.15, 0.2) is 70.5 Å². The zero-order chi connectivity index (χ0) is 24.5. The van der Waals surface area contributed by atoms with Crippen molar-refractivity contribution in [2.45, 2.75) is 55.5 Å². The van der Waals surface area contributed by atoms with Crippen molar-refractivity contribution in [1.29, 1.82) is 0 Å². The van der Waals surface area contributed by atoms with Crippen LogP contribution < -0.4 is 16.4 Å². The lowest BCUT2D eigenvalue weighted by molar-refractivity contribution is -0.123. The van der Waals surface area contributed by atoms with Crippen LogP contribution in [0, 0.1) is 20.8 Å². The number of anilines is 1. The first-order valence-corrected chi connectivity index (χ1v) is 13.0. The van der Waals surface area contributed by atoms with E-state index in [0.29, 0.717) is 19.4 Å². The summed E-state index contributed by atoms with van der Waals surface area (Å²) in [6.45, 7) is 6.81. The molecule has 1 heterocycles. The van der Waals surface area contributed by atoms with E-state index in [1.165, 1.54) is 5.56 Å². The molecule has 0 saturated heterocycles. The van der Waals surface area contributed by atoms with Gasteiger partial charge in [0, 0.05) is 12.2 Å². The predicted octanol–water partition coefficient (Wildman–Crippen LogP) is 3.99. The highest BCUT2D eigenvalue weighted by Gasteiger charge is 2.27. The number of carbonyl (C=O) groups excluding carboxylic acids is 1. The van der Waals surface area contributed by atoms with E-state index < -0.39 is 15.9 Å². The lowest BCUT2D eigenvalue weighted by Gasteiger charge is -2.29. The van der Waals surface area contributed by atoms with Gasteiger partial charge in [0.05, 0.1) is 21.9 Å². The average molecular weight is 478 g/mol. The van der Waals surface area contributed by atoms with Gasteiger partial charge in [-0.1, -0.05) is 35.9 Å². The molecule has 3 aromatic carbocycles. The number of rotatable bonds is 6. The molecule has 1 amide bonds. The third-order valence-corrected chi connectivity index (χ3v) is 8.20. The fraction of sp³-hybridized carbons (Fsp3) is 0.296. The maximum absolute atomic E-state index is 13.1. The Balaban J connectivity index is 1.56. The minimum atomic E-state index is -3.66. The molecule has 0 unspecified atom stereocenters. The summed E-state index contributed by atoms with van der Waals surface area (Å²) < 4.78 is 26.2. The SMILES string of the molecule is Cc1cc(C)c(C[C@H](N)C(=O)N[C@@H]2CCNc3ccc(S(=O)(=O)c4ccccc4)cc32)c(C)c1. The first-order valence-electron chi connectivity index (χ1n) is 11.5. The number of nitrogens with one attached hydrogen (secondary N) is 2. The van der Waals surface area contributed by atoms with Crippen LogP contribution in [0.4, 0.5) is 5.69 Å². The molecule has 6 nitrogen and oxygen atoms in total. The van der Waals surface area contributed by atoms with E-state index in [1.807, 2.05) is 13.8 Å². The summed E-state index contributed by atoms with van der Waals surface area (Å²) in [5.41, 5.74) is 12.4. The standard InChI is InChI=1S/C27H31N3O3S/c1-17-13-18(2)22(19(3)14-17)16-24(28)27(31)30-26-11-12-29-25-10-9-21(15-23(25)26)34(32,33)20-7-5-4-6-8-20/h4-10,13-15,24,26,29H,11-12,16,28H2,1-3H3,(H,30,31)/t24-,26+/m0/s1. The van der Waals surface area contributed by atoms with Crippen molar-refractivity contribution in [3.05, 3.63) is 88.5 Å². The van der Waals surface area contributed by atoms with Crippen molar-refractivity contribution in [3.63, 3.8) is 0 Å². The van der Waals surface area contributed by atoms with E-state index >= 15 is 0 Å². The number of amides is 1. The maximum Gasteiger partial charge on any atom is 0.237 e. The van der Waals surface area contributed by atoms with Gasteiger partial charge in [-0.15, -0.1) is 0 Å². The van der Waals surface area contributed by atoms with Gasteiger partial charge in [0.25, 0.3) is 0 Å². The lowest BCUT2D eigenvalue weighted by Crippen LogP contribution is -2.44. The van der Waals surface area contributed by atoms with Gasteiger partial charge in [0.2, 0.25) is 15.7 Å². The number of sulfone groups is 1. The minimum absolute atomic E-state index is 0.204. The van der Waals surface area contributed by atoms with Gasteiger partial charge < -0.3 is 16.4 Å². The molecule has 0 bridgehead atoms. The summed E-state index contributed by atoms with van der Waals surface area (Å²) in [7, 11) is -3.66. The van der Waals surface area contributed by atoms with E-state index in [2.05, 4.69) is 29.7 Å². The highest BCUT2D eigenvalue weighted by molar-refractivity contribution is 7.91. The number of hydrogen-bond acceptors (Lipinski definition) is 5. The van der Waals surface area contributed by atoms with E-state index in [9.17, 15) is 13.2 Å². The van der Waals surface area contributed by atoms with Crippen molar-refractivity contribution < 1.29 is 13.2 Å². The molecule has 34 heavy (non-hydrogen) atoms. The molecule has 1 aliphatic rings. The van der Waals surface area contributed by atoms with Crippen LogP contribution in [-0.4, -0.2) is 26.9 Å². The van der Waals surface area contributed by atoms with Crippen molar-refractivity contribution in [3.8, 4) is 0 Å². The van der Waals surface area contributed by atoms with E-state index in [0.717, 1.165) is 27.9 Å². The number of benzene rings is 3. The van der Waals surface area contributed by atoms with Crippen LogP contribution in [-0.2, 0) is 21.1 Å². The third-order valence-electron chi connectivity index (χ3n) is 6.43. The molecule has 0 spiro atoms. The van der Waals surface area contributed by atoms with Crippen LogP contribution in [0.3, 0.4) is 0 Å². The number of hydrogen-bond donors (Lipinski definition) is 3. The fourth-order valence-corrected chi connectivity index (χ4v) is 5.99. The second-order valence-electron chi connectivity index (χ2n) is 9.03. The van der Waals surface area contributed by atoms with Gasteiger partial charge >= 0.3 is 0 Å². The van der Waals surface area contributed by atoms with Crippen LogP contribution in [0.1, 0.15) is 40.3 Å². The first kappa shape index (κ1) is 24.0. The number of nitrogens with two attached hydrogens (primary N) is 1. The van der Waals surface area contributed by atoms with E-state index in [4.69, 9.17) is 5.73 Å². The molecular weight excluding hydrogens is 446 g/mol. The summed E-state index contributed by atoms with van der Waals surface area (Å²) in [5, 5.41) is 6.36. The number of fused-ring (bicyclic) bond motifs is 1. The molecule has 178 valence electrons. The normalized spacial score (nSPS) is 16.3. The number of carbonyl (C=O) groups is 1. The Bertz CT molecular complexity index is 1300. The van der Waals surface area contributed by atoms with Crippen molar-refractivity contribution in [2.75, 3.05) is 11.9 Å². The molecule has 2 atom stereocenters. The highest BCUT2D eigenvalue weighted by atomic mass is 32.2. The van der Waals surface area contributed by atoms with Gasteiger partial charge in [-0.3, -0.25) is 4.79 Å². The second-order valence-corrected chi connectivity index (χ2v) is 11.0. The average Bonchev–Trinajstić information content (AvgIpc) is 2.81. The summed E-state index contributed by atoms with van der Waals surface area (Å²) in [4.78, 5) is 13.5. The molecule has 0 fully saturated rings. The molecule has 0 radical (unpaired) electrons. The molecule has 1 aliphatic heterocycles. The topological polar surface area (TPSA) is 101 Å². The third kappa shape index (κ3) is 4.86. The zero-order valence-corrected chi connectivity index (χ0v) is 20.6. The Morgan fingerprint density at radius 3 is 2.38 bits per heavy atom. The minimum Gasteiger partial charge on any atom is -0.385 e. The molecule has 4 rings (SSSR count). The Hall–Kier alpha value is -3.16. The van der Waals surface area contributed by atoms with Crippen molar-refractivity contribution in [2.24, 2.45) is 5.73 Å². The Morgan fingerprint density at radius 2 is 1.71 bits per heavy atom. The quantitative estimate of drug-likeness (QED) is 0.498. The lowest BCUT2D eigenvalue weighted by atomic mass is 9.93. The van der Waals surface area contributed by atoms with Crippen molar-refractivity contribution in [1.82, 2.24) is 5.32 Å². The summed E-state index contributed by atoms with van der Waals surface area (Å²) in [6, 6.07) is 16.6. The predicted molar refractivity (Wildman–Crippen MR) is 135 cm³/mol. The maximum atomic E-state index is 13.1. The molecule has 4 N–H and O–H groups in total. The Morgan fingerprint density at radius 1 is 1.03 bits per heavy atom. The Kier molecular flexibility index (Phi) is 6.77. The van der Waals surface area contributed by atoms with Crippen LogP contribution in [0.25, 0.3) is 0 Å². The van der Waals surface area contributed by atoms with Gasteiger partial charge in [-0.25, -0.2) is 8.42 Å². The van der Waals surface area contributed by atoms with Gasteiger partial charge in [-0.05, 0) is 86.2 Å². The monoisotopic (exact) mass is 477 g/mol. The summed E-state index contributed by atoms with van der Waals surface area (Å²) in [5.74, 6) is -0.242. The highest BCUT2D eigenvalue weighted by Crippen LogP contribution is 2.33. The van der Waals surface area contributed by atoms with Crippen molar-refractivity contribution >= 4 is 21.4 Å². The smallest absolute Gasteiger partial charge is 0.237 e. The van der Waals surface area contributed by atoms with Crippen LogP contribution >= 0.6 is 0 Å². The molecule has 0 saturated carbocycles. The number of aryl methyl sites for hydroxylation is 3. The molecule has 0 aliphatic carbocycles. The fourth-order valence-electron chi connectivity index (χ4n) is 4.67. The second kappa shape index (κ2) is 9.60. The molecule has 7 heteroatoms. The summed E-state index contributed by atoms with van der Waals surface area (Å²) in [6.07, 6.45) is 1.09. The molecule has 0 aromatic heterocycles. The first-order chi connectivity index (χ1) is 16.2. The van der Waals surface area contributed by atoms with Gasteiger partial charge in [0.1, 0.15) is 0 Å². The van der Waals surface area contributed by atoms with Crippen LogP contribution in [0.2, 0.25) is 0 Å².